The van der Waals surface area contributed by atoms with E-state index in [-0.39, 0.29) is 5.54 Å². The molecule has 1 saturated carbocycles. The van der Waals surface area contributed by atoms with E-state index in [0.717, 1.165) is 22.9 Å². The van der Waals surface area contributed by atoms with Crippen molar-refractivity contribution in [1.29, 1.82) is 5.26 Å². The topological polar surface area (TPSA) is 48.7 Å². The summed E-state index contributed by atoms with van der Waals surface area (Å²) in [4.78, 5) is 4.26. The predicted octanol–water partition coefficient (Wildman–Crippen LogP) is 2.91. The molecule has 0 aliphatic heterocycles. The highest BCUT2D eigenvalue weighted by Crippen LogP contribution is 2.38. The van der Waals surface area contributed by atoms with Crippen LogP contribution in [0.2, 0.25) is 0 Å². The van der Waals surface area contributed by atoms with E-state index >= 15 is 0 Å². The molecule has 1 aromatic rings. The molecule has 2 atom stereocenters. The maximum Gasteiger partial charge on any atom is 0.149 e. The molecule has 1 heterocycles. The van der Waals surface area contributed by atoms with Crippen molar-refractivity contribution in [3.63, 3.8) is 0 Å². The number of hydrogen-bond donors (Lipinski definition) is 1. The fraction of sp³-hybridized carbons (Fsp3) is 0.667. The molecule has 1 aromatic heterocycles. The molecule has 1 aliphatic rings. The van der Waals surface area contributed by atoms with E-state index in [1.807, 2.05) is 18.6 Å². The molecule has 1 fully saturated rings. The van der Waals surface area contributed by atoms with Crippen LogP contribution in [-0.2, 0) is 0 Å². The Labute approximate surface area is 111 Å². The van der Waals surface area contributed by atoms with Gasteiger partial charge in [-0.15, -0.1) is 11.3 Å². The Kier molecular flexibility index (Phi) is 4.43. The van der Waals surface area contributed by atoms with Crippen molar-refractivity contribution in [3.05, 3.63) is 11.6 Å². The van der Waals surface area contributed by atoms with Crippen LogP contribution >= 0.6 is 23.1 Å². The summed E-state index contributed by atoms with van der Waals surface area (Å²) in [7, 11) is 1.91. The summed E-state index contributed by atoms with van der Waals surface area (Å²) in [5.74, 6) is 1.55. The zero-order chi connectivity index (χ0) is 12.1. The molecule has 0 bridgehead atoms. The van der Waals surface area contributed by atoms with E-state index in [9.17, 15) is 5.26 Å². The average Bonchev–Trinajstić information content (AvgIpc) is 2.99. The molecular formula is C12H17N3S2. The highest BCUT2D eigenvalue weighted by atomic mass is 32.2. The summed E-state index contributed by atoms with van der Waals surface area (Å²) in [5.41, 5.74) is -0.274. The minimum atomic E-state index is -0.274. The number of rotatable bonds is 5. The molecular weight excluding hydrogens is 250 g/mol. The summed E-state index contributed by atoms with van der Waals surface area (Å²) in [5, 5.41) is 14.6. The van der Waals surface area contributed by atoms with Gasteiger partial charge in [-0.25, -0.2) is 4.98 Å². The van der Waals surface area contributed by atoms with E-state index < -0.39 is 0 Å². The van der Waals surface area contributed by atoms with Crippen LogP contribution in [0.3, 0.4) is 0 Å². The molecule has 0 radical (unpaired) electrons. The lowest BCUT2D eigenvalue weighted by Crippen LogP contribution is -2.44. The highest BCUT2D eigenvalue weighted by Gasteiger charge is 2.41. The molecule has 0 amide bonds. The van der Waals surface area contributed by atoms with Crippen molar-refractivity contribution >= 4 is 23.1 Å². The Bertz CT molecular complexity index is 385. The Balaban J connectivity index is 1.84. The van der Waals surface area contributed by atoms with Crippen LogP contribution in [0.15, 0.2) is 15.9 Å². The number of aromatic nitrogens is 1. The first kappa shape index (κ1) is 12.9. The Hall–Kier alpha value is -0.570. The molecule has 0 aromatic carbocycles. The third-order valence-corrected chi connectivity index (χ3v) is 5.57. The van der Waals surface area contributed by atoms with Gasteiger partial charge in [-0.1, -0.05) is 18.2 Å². The largest absolute Gasteiger partial charge is 0.302 e. The summed E-state index contributed by atoms with van der Waals surface area (Å²) < 4.78 is 1.13. The summed E-state index contributed by atoms with van der Waals surface area (Å²) in [6.07, 6.45) is 6.27. The van der Waals surface area contributed by atoms with Gasteiger partial charge in [0, 0.05) is 17.3 Å². The first-order valence-electron chi connectivity index (χ1n) is 5.93. The van der Waals surface area contributed by atoms with E-state index in [1.54, 1.807) is 23.1 Å². The second kappa shape index (κ2) is 5.85. The van der Waals surface area contributed by atoms with Gasteiger partial charge in [0.05, 0.1) is 6.07 Å². The number of thiazole rings is 1. The Morgan fingerprint density at radius 2 is 2.65 bits per heavy atom. The molecule has 0 spiro atoms. The van der Waals surface area contributed by atoms with Crippen molar-refractivity contribution in [3.8, 4) is 6.07 Å². The third-order valence-electron chi connectivity index (χ3n) is 3.57. The van der Waals surface area contributed by atoms with Gasteiger partial charge in [-0.3, -0.25) is 0 Å². The number of nitrogens with one attached hydrogen (secondary N) is 1. The minimum absolute atomic E-state index is 0.274. The number of hydrogen-bond acceptors (Lipinski definition) is 5. The molecule has 0 saturated heterocycles. The smallest absolute Gasteiger partial charge is 0.149 e. The zero-order valence-electron chi connectivity index (χ0n) is 9.98. The first-order valence-corrected chi connectivity index (χ1v) is 7.80. The van der Waals surface area contributed by atoms with Crippen LogP contribution in [0.4, 0.5) is 0 Å². The van der Waals surface area contributed by atoms with Gasteiger partial charge in [-0.2, -0.15) is 5.26 Å². The van der Waals surface area contributed by atoms with Crippen molar-refractivity contribution in [2.24, 2.45) is 5.92 Å². The van der Waals surface area contributed by atoms with Gasteiger partial charge < -0.3 is 5.32 Å². The van der Waals surface area contributed by atoms with E-state index in [1.165, 1.54) is 12.8 Å². The molecule has 2 unspecified atom stereocenters. The monoisotopic (exact) mass is 267 g/mol. The lowest BCUT2D eigenvalue weighted by atomic mass is 9.87. The van der Waals surface area contributed by atoms with Gasteiger partial charge in [0.25, 0.3) is 0 Å². The van der Waals surface area contributed by atoms with Gasteiger partial charge in [-0.05, 0) is 32.2 Å². The summed E-state index contributed by atoms with van der Waals surface area (Å²) >= 11 is 3.49. The van der Waals surface area contributed by atoms with Crippen molar-refractivity contribution in [1.82, 2.24) is 10.3 Å². The lowest BCUT2D eigenvalue weighted by molar-refractivity contribution is 0.332. The van der Waals surface area contributed by atoms with Crippen LogP contribution in [0, 0.1) is 17.2 Å². The summed E-state index contributed by atoms with van der Waals surface area (Å²) in [6, 6.07) is 2.49. The van der Waals surface area contributed by atoms with Gasteiger partial charge in [0.2, 0.25) is 0 Å². The highest BCUT2D eigenvalue weighted by molar-refractivity contribution is 8.00. The lowest BCUT2D eigenvalue weighted by Gasteiger charge is -2.27. The molecule has 1 aliphatic carbocycles. The maximum atomic E-state index is 9.34. The zero-order valence-corrected chi connectivity index (χ0v) is 11.6. The van der Waals surface area contributed by atoms with Crippen LogP contribution in [0.1, 0.15) is 25.7 Å². The molecule has 3 nitrogen and oxygen atoms in total. The molecule has 5 heteroatoms. The SMILES string of the molecule is CNC1(C#N)CCCC1CCSc1nccs1. The second-order valence-corrected chi connectivity index (χ2v) is 6.59. The number of nitrogens with zero attached hydrogens (tertiary/aromatic N) is 2. The standard InChI is InChI=1S/C12H17N3S2/c1-14-12(9-13)5-2-3-10(12)4-7-16-11-15-6-8-17-11/h6,8,10,14H,2-5,7H2,1H3. The molecule has 92 valence electrons. The normalized spacial score (nSPS) is 28.1. The molecule has 1 N–H and O–H groups in total. The second-order valence-electron chi connectivity index (χ2n) is 4.36. The number of nitriles is 1. The van der Waals surface area contributed by atoms with Crippen molar-refractivity contribution in [2.75, 3.05) is 12.8 Å². The summed E-state index contributed by atoms with van der Waals surface area (Å²) in [6.45, 7) is 0. The van der Waals surface area contributed by atoms with Crippen molar-refractivity contribution in [2.45, 2.75) is 35.6 Å². The third kappa shape index (κ3) is 2.82. The van der Waals surface area contributed by atoms with E-state index in [4.69, 9.17) is 0 Å². The predicted molar refractivity (Wildman–Crippen MR) is 72.2 cm³/mol. The average molecular weight is 267 g/mol. The maximum absolute atomic E-state index is 9.34. The Morgan fingerprint density at radius 1 is 1.76 bits per heavy atom. The first-order chi connectivity index (χ1) is 8.30. The Morgan fingerprint density at radius 3 is 3.29 bits per heavy atom. The fourth-order valence-electron chi connectivity index (χ4n) is 2.57. The van der Waals surface area contributed by atoms with Crippen LogP contribution in [0.25, 0.3) is 0 Å². The van der Waals surface area contributed by atoms with Crippen LogP contribution in [-0.4, -0.2) is 23.3 Å². The van der Waals surface area contributed by atoms with Crippen LogP contribution in [0.5, 0.6) is 0 Å². The number of thioether (sulfide) groups is 1. The van der Waals surface area contributed by atoms with Gasteiger partial charge in [0.15, 0.2) is 0 Å². The quantitative estimate of drug-likeness (QED) is 0.833. The molecule has 2 rings (SSSR count). The van der Waals surface area contributed by atoms with E-state index in [2.05, 4.69) is 16.4 Å². The van der Waals surface area contributed by atoms with Crippen molar-refractivity contribution < 1.29 is 0 Å². The molecule has 17 heavy (non-hydrogen) atoms. The minimum Gasteiger partial charge on any atom is -0.302 e. The van der Waals surface area contributed by atoms with E-state index in [0.29, 0.717) is 5.92 Å². The van der Waals surface area contributed by atoms with Gasteiger partial charge in [0.1, 0.15) is 9.88 Å². The van der Waals surface area contributed by atoms with Gasteiger partial charge >= 0.3 is 0 Å². The van der Waals surface area contributed by atoms with Crippen LogP contribution < -0.4 is 5.32 Å². The fourth-order valence-corrected chi connectivity index (χ4v) is 4.33.